The van der Waals surface area contributed by atoms with Gasteiger partial charge in [0.25, 0.3) is 0 Å². The van der Waals surface area contributed by atoms with Gasteiger partial charge in [-0.1, -0.05) is 66.2 Å². The molecule has 0 amide bonds. The van der Waals surface area contributed by atoms with Crippen LogP contribution in [-0.2, 0) is 25.7 Å². The van der Waals surface area contributed by atoms with Crippen LogP contribution in [0.2, 0.25) is 0 Å². The number of fused-ring (bicyclic) bond motifs is 2. The van der Waals surface area contributed by atoms with Gasteiger partial charge in [-0.05, 0) is 31.4 Å². The SMILES string of the molecule is CC1(C)[C@@]2(C)CC[C@]1(C(=O)O[C@@H](CBr)c1ccc(OCc3ccccc3)c([N+](=O)[O-])c1)OC2=O. The predicted molar refractivity (Wildman–Crippen MR) is 126 cm³/mol. The monoisotopic (exact) mass is 531 g/mol. The first-order valence-electron chi connectivity index (χ1n) is 11.0. The normalized spacial score (nSPS) is 25.5. The van der Waals surface area contributed by atoms with Crippen molar-refractivity contribution in [1.29, 1.82) is 0 Å². The molecule has 0 N–H and O–H groups in total. The van der Waals surface area contributed by atoms with E-state index >= 15 is 0 Å². The van der Waals surface area contributed by atoms with Gasteiger partial charge in [0.2, 0.25) is 5.60 Å². The fourth-order valence-electron chi connectivity index (χ4n) is 4.85. The van der Waals surface area contributed by atoms with Crippen molar-refractivity contribution in [2.24, 2.45) is 10.8 Å². The van der Waals surface area contributed by atoms with E-state index in [9.17, 15) is 19.7 Å². The van der Waals surface area contributed by atoms with Crippen LogP contribution in [0.3, 0.4) is 0 Å². The zero-order chi connectivity index (χ0) is 24.7. The van der Waals surface area contributed by atoms with E-state index in [2.05, 4.69) is 15.9 Å². The first-order valence-corrected chi connectivity index (χ1v) is 12.1. The van der Waals surface area contributed by atoms with E-state index in [4.69, 9.17) is 14.2 Å². The molecule has 1 heterocycles. The summed E-state index contributed by atoms with van der Waals surface area (Å²) in [6, 6.07) is 13.8. The van der Waals surface area contributed by atoms with Gasteiger partial charge >= 0.3 is 17.6 Å². The number of nitro groups is 1. The van der Waals surface area contributed by atoms with Gasteiger partial charge in [0.05, 0.1) is 10.3 Å². The molecule has 4 rings (SSSR count). The summed E-state index contributed by atoms with van der Waals surface area (Å²) < 4.78 is 17.1. The molecule has 0 unspecified atom stereocenters. The number of esters is 2. The molecule has 1 aliphatic carbocycles. The van der Waals surface area contributed by atoms with E-state index in [-0.39, 0.29) is 23.4 Å². The van der Waals surface area contributed by atoms with E-state index in [1.807, 2.05) is 51.1 Å². The molecule has 1 aliphatic heterocycles. The third-order valence-electron chi connectivity index (χ3n) is 7.59. The molecule has 3 atom stereocenters. The number of alkyl halides is 1. The smallest absolute Gasteiger partial charge is 0.351 e. The molecule has 0 spiro atoms. The Bertz CT molecular complexity index is 1140. The van der Waals surface area contributed by atoms with Crippen molar-refractivity contribution in [3.8, 4) is 5.75 Å². The van der Waals surface area contributed by atoms with Crippen molar-refractivity contribution in [3.63, 3.8) is 0 Å². The zero-order valence-electron chi connectivity index (χ0n) is 19.2. The lowest BCUT2D eigenvalue weighted by Gasteiger charge is -2.35. The maximum atomic E-state index is 13.3. The maximum absolute atomic E-state index is 13.3. The molecule has 0 radical (unpaired) electrons. The summed E-state index contributed by atoms with van der Waals surface area (Å²) in [5.41, 5.74) is -1.79. The van der Waals surface area contributed by atoms with E-state index in [1.165, 1.54) is 12.1 Å². The van der Waals surface area contributed by atoms with Crippen molar-refractivity contribution >= 4 is 33.6 Å². The lowest BCUT2D eigenvalue weighted by molar-refractivity contribution is -0.386. The standard InChI is InChI=1S/C25H26BrNO7/c1-23(2)24(3)11-12-25(23,34-21(24)28)22(29)33-20(14-26)17-9-10-19(18(13-17)27(30)31)32-15-16-7-5-4-6-8-16/h4-10,13,20H,11-12,14-15H2,1-3H3/t20-,24-,25+/m0/s1. The van der Waals surface area contributed by atoms with Crippen LogP contribution in [0.4, 0.5) is 5.69 Å². The molecule has 2 fully saturated rings. The molecular weight excluding hydrogens is 506 g/mol. The molecule has 2 bridgehead atoms. The van der Waals surface area contributed by atoms with E-state index in [0.717, 1.165) is 5.56 Å². The Morgan fingerprint density at radius 3 is 2.44 bits per heavy atom. The first-order chi connectivity index (χ1) is 16.1. The molecule has 180 valence electrons. The van der Waals surface area contributed by atoms with Crippen molar-refractivity contribution in [2.75, 3.05) is 5.33 Å². The van der Waals surface area contributed by atoms with Gasteiger partial charge in [0.1, 0.15) is 12.7 Å². The Labute approximate surface area is 205 Å². The summed E-state index contributed by atoms with van der Waals surface area (Å²) in [6.45, 7) is 5.69. The first kappa shape index (κ1) is 24.2. The third-order valence-corrected chi connectivity index (χ3v) is 8.18. The van der Waals surface area contributed by atoms with E-state index in [1.54, 1.807) is 6.07 Å². The number of benzene rings is 2. The minimum absolute atomic E-state index is 0.119. The van der Waals surface area contributed by atoms with Crippen molar-refractivity contribution < 1.29 is 28.7 Å². The summed E-state index contributed by atoms with van der Waals surface area (Å²) in [5.74, 6) is -0.913. The Morgan fingerprint density at radius 1 is 1.18 bits per heavy atom. The van der Waals surface area contributed by atoms with Crippen LogP contribution in [0.25, 0.3) is 0 Å². The Hall–Kier alpha value is -2.94. The number of nitrogens with zero attached hydrogens (tertiary/aromatic N) is 1. The Balaban J connectivity index is 1.56. The highest BCUT2D eigenvalue weighted by atomic mass is 79.9. The summed E-state index contributed by atoms with van der Waals surface area (Å²) >= 11 is 3.35. The topological polar surface area (TPSA) is 105 Å². The van der Waals surface area contributed by atoms with Gasteiger partial charge in [-0.25, -0.2) is 4.79 Å². The van der Waals surface area contributed by atoms with Crippen molar-refractivity contribution in [1.82, 2.24) is 0 Å². The highest BCUT2D eigenvalue weighted by molar-refractivity contribution is 9.09. The number of hydrogen-bond acceptors (Lipinski definition) is 7. The number of nitro benzene ring substituents is 1. The molecule has 2 aromatic carbocycles. The van der Waals surface area contributed by atoms with Gasteiger partial charge in [-0.15, -0.1) is 0 Å². The fraction of sp³-hybridized carbons (Fsp3) is 0.440. The molecule has 1 saturated heterocycles. The van der Waals surface area contributed by atoms with Gasteiger partial charge in [-0.3, -0.25) is 14.9 Å². The average molecular weight is 532 g/mol. The van der Waals surface area contributed by atoms with Crippen LogP contribution in [0.15, 0.2) is 48.5 Å². The molecular formula is C25H26BrNO7. The number of carbonyl (C=O) groups is 2. The highest BCUT2D eigenvalue weighted by Crippen LogP contribution is 2.66. The van der Waals surface area contributed by atoms with Gasteiger partial charge in [-0.2, -0.15) is 0 Å². The third kappa shape index (κ3) is 3.66. The largest absolute Gasteiger partial charge is 0.482 e. The van der Waals surface area contributed by atoms with E-state index in [0.29, 0.717) is 18.4 Å². The molecule has 8 nitrogen and oxygen atoms in total. The minimum Gasteiger partial charge on any atom is -0.482 e. The average Bonchev–Trinajstić information content (AvgIpc) is 3.12. The van der Waals surface area contributed by atoms with Crippen LogP contribution in [-0.4, -0.2) is 27.8 Å². The van der Waals surface area contributed by atoms with Crippen LogP contribution >= 0.6 is 15.9 Å². The fourth-order valence-corrected chi connectivity index (χ4v) is 5.36. The Kier molecular flexibility index (Phi) is 6.18. The molecule has 9 heteroatoms. The number of hydrogen-bond donors (Lipinski definition) is 0. The van der Waals surface area contributed by atoms with Crippen LogP contribution in [0.5, 0.6) is 5.75 Å². The lowest BCUT2D eigenvalue weighted by Crippen LogP contribution is -2.49. The summed E-state index contributed by atoms with van der Waals surface area (Å²) in [6.07, 6.45) is 0.0969. The molecule has 1 saturated carbocycles. The summed E-state index contributed by atoms with van der Waals surface area (Å²) in [4.78, 5) is 37.0. The quantitative estimate of drug-likeness (QED) is 0.197. The number of carbonyl (C=O) groups excluding carboxylic acids is 2. The highest BCUT2D eigenvalue weighted by Gasteiger charge is 2.76. The van der Waals surface area contributed by atoms with Crippen LogP contribution < -0.4 is 4.74 Å². The lowest BCUT2D eigenvalue weighted by atomic mass is 9.66. The predicted octanol–water partition coefficient (Wildman–Crippen LogP) is 5.27. The van der Waals surface area contributed by atoms with Gasteiger partial charge in [0, 0.05) is 22.4 Å². The zero-order valence-corrected chi connectivity index (χ0v) is 20.8. The van der Waals surface area contributed by atoms with E-state index < -0.39 is 39.4 Å². The van der Waals surface area contributed by atoms with Crippen LogP contribution in [0, 0.1) is 20.9 Å². The van der Waals surface area contributed by atoms with Gasteiger partial charge < -0.3 is 14.2 Å². The number of halogens is 1. The number of rotatable bonds is 8. The summed E-state index contributed by atoms with van der Waals surface area (Å²) in [5, 5.41) is 11.9. The summed E-state index contributed by atoms with van der Waals surface area (Å²) in [7, 11) is 0. The minimum atomic E-state index is -1.37. The molecule has 34 heavy (non-hydrogen) atoms. The molecule has 2 aromatic rings. The van der Waals surface area contributed by atoms with Crippen LogP contribution in [0.1, 0.15) is 50.8 Å². The van der Waals surface area contributed by atoms with Gasteiger partial charge in [0.15, 0.2) is 5.75 Å². The van der Waals surface area contributed by atoms with Crippen molar-refractivity contribution in [3.05, 3.63) is 69.8 Å². The van der Waals surface area contributed by atoms with Crippen molar-refractivity contribution in [2.45, 2.75) is 51.9 Å². The second-order valence-corrected chi connectivity index (χ2v) is 10.1. The second-order valence-electron chi connectivity index (χ2n) is 9.48. The molecule has 0 aromatic heterocycles. The molecule has 2 aliphatic rings. The second kappa shape index (κ2) is 8.69. The maximum Gasteiger partial charge on any atom is 0.351 e. The Morgan fingerprint density at radius 2 is 1.88 bits per heavy atom. The number of ether oxygens (including phenoxy) is 3.